The highest BCUT2D eigenvalue weighted by atomic mass is 16.4. The molecule has 1 saturated carbocycles. The number of carboxylic acids is 1. The maximum absolute atomic E-state index is 12.3. The molecule has 1 unspecified atom stereocenters. The van der Waals surface area contributed by atoms with E-state index in [1.807, 2.05) is 4.90 Å². The van der Waals surface area contributed by atoms with Crippen LogP contribution in [-0.2, 0) is 4.79 Å². The Morgan fingerprint density at radius 1 is 1.25 bits per heavy atom. The fourth-order valence-electron chi connectivity index (χ4n) is 2.49. The molecule has 0 heterocycles. The maximum Gasteiger partial charge on any atom is 0.317 e. The molecule has 0 saturated heterocycles. The number of hydrogen-bond acceptors (Lipinski definition) is 2. The highest BCUT2D eigenvalue weighted by Gasteiger charge is 2.27. The number of carbonyl (C=O) groups excluding carboxylic acids is 1. The van der Waals surface area contributed by atoms with Crippen molar-refractivity contribution in [2.24, 2.45) is 11.8 Å². The topological polar surface area (TPSA) is 69.6 Å². The summed E-state index contributed by atoms with van der Waals surface area (Å²) >= 11 is 0. The summed E-state index contributed by atoms with van der Waals surface area (Å²) in [6.45, 7) is 6.86. The molecule has 5 heteroatoms. The van der Waals surface area contributed by atoms with E-state index in [0.717, 1.165) is 25.8 Å². The third-order valence-corrected chi connectivity index (χ3v) is 3.95. The Balaban J connectivity index is 2.52. The predicted molar refractivity (Wildman–Crippen MR) is 78.6 cm³/mol. The van der Waals surface area contributed by atoms with Gasteiger partial charge in [0.05, 0.1) is 5.92 Å². The van der Waals surface area contributed by atoms with Crippen molar-refractivity contribution < 1.29 is 14.7 Å². The van der Waals surface area contributed by atoms with Gasteiger partial charge in [0, 0.05) is 19.1 Å². The molecule has 1 aliphatic carbocycles. The third-order valence-electron chi connectivity index (χ3n) is 3.95. The Labute approximate surface area is 121 Å². The van der Waals surface area contributed by atoms with Gasteiger partial charge in [0.15, 0.2) is 0 Å². The van der Waals surface area contributed by atoms with Gasteiger partial charge in [-0.1, -0.05) is 33.6 Å². The summed E-state index contributed by atoms with van der Waals surface area (Å²) in [6, 6.07) is 0.222. The van der Waals surface area contributed by atoms with Gasteiger partial charge in [-0.05, 0) is 25.2 Å². The highest BCUT2D eigenvalue weighted by molar-refractivity contribution is 5.76. The summed E-state index contributed by atoms with van der Waals surface area (Å²) in [7, 11) is 0. The van der Waals surface area contributed by atoms with Crippen LogP contribution in [0.5, 0.6) is 0 Å². The Hall–Kier alpha value is -1.26. The zero-order chi connectivity index (χ0) is 15.1. The molecule has 5 nitrogen and oxygen atoms in total. The van der Waals surface area contributed by atoms with E-state index in [1.54, 1.807) is 6.92 Å². The van der Waals surface area contributed by atoms with Gasteiger partial charge in [-0.25, -0.2) is 4.79 Å². The van der Waals surface area contributed by atoms with Gasteiger partial charge < -0.3 is 15.3 Å². The molecule has 1 aliphatic rings. The standard InChI is InChI=1S/C15H28N2O3/c1-11(2)8-9-17(13-6-4-5-7-13)15(20)16-10-12(3)14(18)19/h11-13H,4-10H2,1-3H3,(H,16,20)(H,18,19). The number of carbonyl (C=O) groups is 2. The second kappa shape index (κ2) is 8.12. The summed E-state index contributed by atoms with van der Waals surface area (Å²) in [5, 5.41) is 11.6. The van der Waals surface area contributed by atoms with Crippen LogP contribution in [0.1, 0.15) is 52.9 Å². The quantitative estimate of drug-likeness (QED) is 0.755. The summed E-state index contributed by atoms with van der Waals surface area (Å²) in [6.07, 6.45) is 5.49. The number of urea groups is 1. The second-order valence-corrected chi connectivity index (χ2v) is 6.24. The normalized spacial score (nSPS) is 17.2. The lowest BCUT2D eigenvalue weighted by Crippen LogP contribution is -2.47. The van der Waals surface area contributed by atoms with E-state index in [-0.39, 0.29) is 12.6 Å². The molecular weight excluding hydrogens is 256 g/mol. The summed E-state index contributed by atoms with van der Waals surface area (Å²) in [5.74, 6) is -0.862. The van der Waals surface area contributed by atoms with E-state index in [2.05, 4.69) is 19.2 Å². The summed E-state index contributed by atoms with van der Waals surface area (Å²) < 4.78 is 0. The van der Waals surface area contributed by atoms with E-state index >= 15 is 0 Å². The summed E-state index contributed by atoms with van der Waals surface area (Å²) in [4.78, 5) is 25.0. The Bertz CT molecular complexity index is 325. The van der Waals surface area contributed by atoms with Crippen molar-refractivity contribution in [3.8, 4) is 0 Å². The first-order chi connectivity index (χ1) is 9.41. The second-order valence-electron chi connectivity index (χ2n) is 6.24. The minimum absolute atomic E-state index is 0.106. The van der Waals surface area contributed by atoms with Gasteiger partial charge in [0.2, 0.25) is 0 Å². The molecule has 0 aromatic rings. The van der Waals surface area contributed by atoms with Gasteiger partial charge in [0.1, 0.15) is 0 Å². The number of hydrogen-bond donors (Lipinski definition) is 2. The van der Waals surface area contributed by atoms with E-state index in [9.17, 15) is 9.59 Å². The Morgan fingerprint density at radius 2 is 1.85 bits per heavy atom. The number of aliphatic carboxylic acids is 1. The van der Waals surface area contributed by atoms with Crippen molar-refractivity contribution in [1.82, 2.24) is 10.2 Å². The largest absolute Gasteiger partial charge is 0.481 e. The lowest BCUT2D eigenvalue weighted by atomic mass is 10.1. The number of rotatable bonds is 7. The molecule has 0 bridgehead atoms. The number of nitrogens with one attached hydrogen (secondary N) is 1. The molecule has 2 amide bonds. The number of amides is 2. The smallest absolute Gasteiger partial charge is 0.317 e. The predicted octanol–water partition coefficient (Wildman–Crippen LogP) is 2.71. The van der Waals surface area contributed by atoms with E-state index < -0.39 is 11.9 Å². The van der Waals surface area contributed by atoms with E-state index in [0.29, 0.717) is 12.0 Å². The van der Waals surface area contributed by atoms with Gasteiger partial charge >= 0.3 is 12.0 Å². The van der Waals surface area contributed by atoms with Crippen LogP contribution in [0, 0.1) is 11.8 Å². The van der Waals surface area contributed by atoms with Gasteiger partial charge in [0.25, 0.3) is 0 Å². The van der Waals surface area contributed by atoms with E-state index in [1.165, 1.54) is 12.8 Å². The average Bonchev–Trinajstić information content (AvgIpc) is 2.89. The van der Waals surface area contributed by atoms with Crippen molar-refractivity contribution >= 4 is 12.0 Å². The SMILES string of the molecule is CC(C)CCN(C(=O)NCC(C)C(=O)O)C1CCCC1. The first-order valence-electron chi connectivity index (χ1n) is 7.69. The number of nitrogens with zero attached hydrogens (tertiary/aromatic N) is 1. The Morgan fingerprint density at radius 3 is 2.35 bits per heavy atom. The minimum atomic E-state index is -0.875. The van der Waals surface area contributed by atoms with Crippen molar-refractivity contribution in [1.29, 1.82) is 0 Å². The zero-order valence-corrected chi connectivity index (χ0v) is 12.9. The molecule has 116 valence electrons. The van der Waals surface area contributed by atoms with Crippen LogP contribution >= 0.6 is 0 Å². The van der Waals surface area contributed by atoms with Crippen molar-refractivity contribution in [2.45, 2.75) is 58.9 Å². The zero-order valence-electron chi connectivity index (χ0n) is 12.9. The highest BCUT2D eigenvalue weighted by Crippen LogP contribution is 2.24. The molecule has 1 fully saturated rings. The molecule has 1 rings (SSSR count). The van der Waals surface area contributed by atoms with Crippen LogP contribution in [0.15, 0.2) is 0 Å². The van der Waals surface area contributed by atoms with Gasteiger partial charge in [-0.2, -0.15) is 0 Å². The molecule has 20 heavy (non-hydrogen) atoms. The van der Waals surface area contributed by atoms with Crippen LogP contribution < -0.4 is 5.32 Å². The fraction of sp³-hybridized carbons (Fsp3) is 0.867. The molecular formula is C15H28N2O3. The molecule has 0 aliphatic heterocycles. The van der Waals surface area contributed by atoms with Crippen LogP contribution in [0.25, 0.3) is 0 Å². The van der Waals surface area contributed by atoms with Gasteiger partial charge in [-0.15, -0.1) is 0 Å². The Kier molecular flexibility index (Phi) is 6.82. The first kappa shape index (κ1) is 16.8. The van der Waals surface area contributed by atoms with Crippen LogP contribution in [0.4, 0.5) is 4.79 Å². The molecule has 2 N–H and O–H groups in total. The number of carboxylic acid groups (broad SMARTS) is 1. The van der Waals surface area contributed by atoms with E-state index in [4.69, 9.17) is 5.11 Å². The third kappa shape index (κ3) is 5.39. The fourth-order valence-corrected chi connectivity index (χ4v) is 2.49. The van der Waals surface area contributed by atoms with Crippen molar-refractivity contribution in [2.75, 3.05) is 13.1 Å². The lowest BCUT2D eigenvalue weighted by molar-refractivity contribution is -0.140. The average molecular weight is 284 g/mol. The molecule has 0 spiro atoms. The molecule has 0 aromatic heterocycles. The monoisotopic (exact) mass is 284 g/mol. The summed E-state index contributed by atoms with van der Waals surface area (Å²) in [5.41, 5.74) is 0. The molecule has 1 atom stereocenters. The lowest BCUT2D eigenvalue weighted by Gasteiger charge is -2.30. The van der Waals surface area contributed by atoms with Crippen LogP contribution in [-0.4, -0.2) is 41.1 Å². The van der Waals surface area contributed by atoms with Crippen LogP contribution in [0.3, 0.4) is 0 Å². The molecule has 0 aromatic carbocycles. The minimum Gasteiger partial charge on any atom is -0.481 e. The van der Waals surface area contributed by atoms with Gasteiger partial charge in [-0.3, -0.25) is 4.79 Å². The maximum atomic E-state index is 12.3. The van der Waals surface area contributed by atoms with Crippen molar-refractivity contribution in [3.63, 3.8) is 0 Å². The van der Waals surface area contributed by atoms with Crippen LogP contribution in [0.2, 0.25) is 0 Å². The first-order valence-corrected chi connectivity index (χ1v) is 7.69. The molecule has 0 radical (unpaired) electrons. The van der Waals surface area contributed by atoms with Crippen molar-refractivity contribution in [3.05, 3.63) is 0 Å².